The number of hydrogen-bond donors (Lipinski definition) is 1. The summed E-state index contributed by atoms with van der Waals surface area (Å²) >= 11 is 0. The van der Waals surface area contributed by atoms with Crippen LogP contribution in [0, 0.1) is 0 Å². The van der Waals surface area contributed by atoms with Gasteiger partial charge in [0.05, 0.1) is 39.0 Å². The number of carbonyl (C=O) groups excluding carboxylic acids is 1. The summed E-state index contributed by atoms with van der Waals surface area (Å²) in [5.41, 5.74) is 1.94. The van der Waals surface area contributed by atoms with Crippen LogP contribution in [0.3, 0.4) is 0 Å². The van der Waals surface area contributed by atoms with E-state index in [-0.39, 0.29) is 17.7 Å². The number of aromatic nitrogens is 3. The van der Waals surface area contributed by atoms with Gasteiger partial charge in [-0.25, -0.2) is 13.9 Å². The highest BCUT2D eigenvalue weighted by atomic mass is 19.1. The van der Waals surface area contributed by atoms with Crippen molar-refractivity contribution in [3.63, 3.8) is 0 Å². The Bertz CT molecular complexity index is 1720. The fraction of sp³-hybridized carbons (Fsp3) is 0.265. The number of halogens is 1. The molecule has 0 aliphatic carbocycles. The molecule has 1 aliphatic rings. The standard InChI is InChI=1S/C34H32FN3O7/c1-41-24-16-12-22(13-17-24)34(21-8-5-4-6-9-21,23-14-18-25(42-2)19-15-23)44-20-28-31(39)29(35)32(45-28)38-27-11-7-10-26(33(40)43-3)30(27)36-37-38/h4-19,28-29,31-32,39H,20H2,1-3H3/t28-,29-,31-,32-/m1/s1. The van der Waals surface area contributed by atoms with E-state index >= 15 is 4.39 Å². The summed E-state index contributed by atoms with van der Waals surface area (Å²) in [5, 5.41) is 19.2. The number of rotatable bonds is 10. The van der Waals surface area contributed by atoms with Gasteiger partial charge in [0.1, 0.15) is 34.8 Å². The SMILES string of the molecule is COC(=O)c1cccc2c1nnn2[C@@H]1O[C@H](COC(c2ccccc2)(c2ccc(OC)cc2)c2ccc(OC)cc2)[C@@H](O)[C@H]1F. The highest BCUT2D eigenvalue weighted by Crippen LogP contribution is 2.43. The van der Waals surface area contributed by atoms with Crippen LogP contribution in [0.2, 0.25) is 0 Å². The average Bonchev–Trinajstić information content (AvgIpc) is 3.65. The third-order valence-corrected chi connectivity index (χ3v) is 8.08. The Hall–Kier alpha value is -4.84. The van der Waals surface area contributed by atoms with Gasteiger partial charge in [-0.2, -0.15) is 0 Å². The zero-order valence-electron chi connectivity index (χ0n) is 24.9. The van der Waals surface area contributed by atoms with Crippen molar-refractivity contribution in [1.29, 1.82) is 0 Å². The van der Waals surface area contributed by atoms with Gasteiger partial charge in [0, 0.05) is 0 Å². The minimum Gasteiger partial charge on any atom is -0.497 e. The first-order chi connectivity index (χ1) is 21.9. The summed E-state index contributed by atoms with van der Waals surface area (Å²) in [6.07, 6.45) is -5.80. The highest BCUT2D eigenvalue weighted by Gasteiger charge is 2.48. The van der Waals surface area contributed by atoms with E-state index in [1.165, 1.54) is 11.8 Å². The number of hydrogen-bond acceptors (Lipinski definition) is 9. The normalized spacial score (nSPS) is 19.8. The number of aliphatic hydroxyl groups is 1. The number of methoxy groups -OCH3 is 3. The van der Waals surface area contributed by atoms with Crippen LogP contribution >= 0.6 is 0 Å². The van der Waals surface area contributed by atoms with Crippen LogP contribution in [-0.4, -0.2) is 72.4 Å². The summed E-state index contributed by atoms with van der Waals surface area (Å²) in [6, 6.07) is 29.4. The van der Waals surface area contributed by atoms with Gasteiger partial charge < -0.3 is 28.8 Å². The monoisotopic (exact) mass is 613 g/mol. The Balaban J connectivity index is 1.37. The molecule has 45 heavy (non-hydrogen) atoms. The molecule has 4 aromatic carbocycles. The van der Waals surface area contributed by atoms with Gasteiger partial charge in [-0.05, 0) is 53.1 Å². The van der Waals surface area contributed by atoms with Crippen molar-refractivity contribution in [2.45, 2.75) is 30.2 Å². The van der Waals surface area contributed by atoms with Crippen LogP contribution in [0.4, 0.5) is 4.39 Å². The van der Waals surface area contributed by atoms with Crippen molar-refractivity contribution in [3.05, 3.63) is 119 Å². The summed E-state index contributed by atoms with van der Waals surface area (Å²) in [4.78, 5) is 12.3. The third-order valence-electron chi connectivity index (χ3n) is 8.08. The van der Waals surface area contributed by atoms with Crippen LogP contribution in [-0.2, 0) is 19.8 Å². The number of nitrogens with zero attached hydrogens (tertiary/aromatic N) is 3. The first-order valence-electron chi connectivity index (χ1n) is 14.3. The van der Waals surface area contributed by atoms with Crippen LogP contribution in [0.25, 0.3) is 11.0 Å². The first-order valence-corrected chi connectivity index (χ1v) is 14.3. The molecule has 0 unspecified atom stereocenters. The third kappa shape index (κ3) is 5.39. The van der Waals surface area contributed by atoms with E-state index < -0.39 is 36.2 Å². The summed E-state index contributed by atoms with van der Waals surface area (Å²) in [6.45, 7) is -0.189. The second-order valence-electron chi connectivity index (χ2n) is 10.5. The lowest BCUT2D eigenvalue weighted by Gasteiger charge is -2.37. The molecule has 1 aromatic heterocycles. The van der Waals surface area contributed by atoms with Gasteiger partial charge in [-0.15, -0.1) is 5.10 Å². The number of aliphatic hydroxyl groups excluding tert-OH is 1. The summed E-state index contributed by atoms with van der Waals surface area (Å²) in [7, 11) is 4.45. The van der Waals surface area contributed by atoms with Crippen LogP contribution in [0.5, 0.6) is 11.5 Å². The molecule has 1 fully saturated rings. The van der Waals surface area contributed by atoms with Gasteiger partial charge in [0.25, 0.3) is 0 Å². The molecule has 0 saturated carbocycles. The van der Waals surface area contributed by atoms with E-state index in [4.69, 9.17) is 23.7 Å². The molecular weight excluding hydrogens is 581 g/mol. The lowest BCUT2D eigenvalue weighted by molar-refractivity contribution is -0.0958. The molecule has 0 amide bonds. The van der Waals surface area contributed by atoms with Crippen molar-refractivity contribution in [2.75, 3.05) is 27.9 Å². The van der Waals surface area contributed by atoms with Crippen LogP contribution < -0.4 is 9.47 Å². The molecule has 6 rings (SSSR count). The van der Waals surface area contributed by atoms with E-state index in [2.05, 4.69) is 10.3 Å². The zero-order valence-corrected chi connectivity index (χ0v) is 24.9. The van der Waals surface area contributed by atoms with Gasteiger partial charge in [0.2, 0.25) is 0 Å². The zero-order chi connectivity index (χ0) is 31.6. The second-order valence-corrected chi connectivity index (χ2v) is 10.5. The molecule has 0 spiro atoms. The molecule has 2 heterocycles. The topological polar surface area (TPSA) is 114 Å². The van der Waals surface area contributed by atoms with Crippen molar-refractivity contribution in [3.8, 4) is 11.5 Å². The number of carbonyl (C=O) groups is 1. The smallest absolute Gasteiger partial charge is 0.340 e. The van der Waals surface area contributed by atoms with Crippen molar-refractivity contribution < 1.29 is 38.0 Å². The molecule has 0 bridgehead atoms. The van der Waals surface area contributed by atoms with Gasteiger partial charge in [-0.1, -0.05) is 65.9 Å². The molecule has 4 atom stereocenters. The molecular formula is C34H32FN3O7. The highest BCUT2D eigenvalue weighted by molar-refractivity contribution is 6.01. The first kappa shape index (κ1) is 30.2. The maximum Gasteiger partial charge on any atom is 0.340 e. The van der Waals surface area contributed by atoms with Crippen LogP contribution in [0.1, 0.15) is 33.3 Å². The molecule has 232 valence electrons. The van der Waals surface area contributed by atoms with Crippen molar-refractivity contribution >= 4 is 17.0 Å². The van der Waals surface area contributed by atoms with E-state index in [1.54, 1.807) is 32.4 Å². The summed E-state index contributed by atoms with van der Waals surface area (Å²) in [5.74, 6) is 0.740. The Morgan fingerprint density at radius 1 is 0.867 bits per heavy atom. The second kappa shape index (κ2) is 12.6. The molecule has 10 nitrogen and oxygen atoms in total. The van der Waals surface area contributed by atoms with Crippen LogP contribution in [0.15, 0.2) is 97.1 Å². The minimum absolute atomic E-state index is 0.182. The van der Waals surface area contributed by atoms with Gasteiger partial charge in [0.15, 0.2) is 12.4 Å². The fourth-order valence-corrected chi connectivity index (χ4v) is 5.75. The number of fused-ring (bicyclic) bond motifs is 1. The van der Waals surface area contributed by atoms with Crippen molar-refractivity contribution in [1.82, 2.24) is 15.0 Å². The quantitative estimate of drug-likeness (QED) is 0.175. The minimum atomic E-state index is -1.86. The van der Waals surface area contributed by atoms with E-state index in [9.17, 15) is 9.90 Å². The number of esters is 1. The molecule has 1 saturated heterocycles. The lowest BCUT2D eigenvalue weighted by atomic mass is 9.80. The predicted octanol–water partition coefficient (Wildman–Crippen LogP) is 4.84. The number of ether oxygens (including phenoxy) is 5. The fourth-order valence-electron chi connectivity index (χ4n) is 5.75. The molecule has 1 N–H and O–H groups in total. The van der Waals surface area contributed by atoms with E-state index in [1.807, 2.05) is 78.9 Å². The summed E-state index contributed by atoms with van der Waals surface area (Å²) < 4.78 is 45.6. The lowest BCUT2D eigenvalue weighted by Crippen LogP contribution is -2.39. The maximum atomic E-state index is 15.8. The molecule has 11 heteroatoms. The molecule has 0 radical (unpaired) electrons. The Morgan fingerprint density at radius 3 is 2.04 bits per heavy atom. The predicted molar refractivity (Wildman–Crippen MR) is 162 cm³/mol. The van der Waals surface area contributed by atoms with E-state index in [0.29, 0.717) is 17.0 Å². The Kier molecular flexibility index (Phi) is 8.48. The van der Waals surface area contributed by atoms with Crippen molar-refractivity contribution in [2.24, 2.45) is 0 Å². The number of alkyl halides is 1. The maximum absolute atomic E-state index is 15.8. The number of benzene rings is 4. The Morgan fingerprint density at radius 2 is 1.47 bits per heavy atom. The average molecular weight is 614 g/mol. The Labute approximate surface area is 258 Å². The van der Waals surface area contributed by atoms with E-state index in [0.717, 1.165) is 16.7 Å². The molecule has 5 aromatic rings. The molecule has 1 aliphatic heterocycles. The van der Waals surface area contributed by atoms with Gasteiger partial charge >= 0.3 is 5.97 Å². The largest absolute Gasteiger partial charge is 0.497 e. The van der Waals surface area contributed by atoms with Gasteiger partial charge in [-0.3, -0.25) is 0 Å².